The van der Waals surface area contributed by atoms with Crippen LogP contribution in [0.15, 0.2) is 0 Å². The average molecular weight is 197 g/mol. The Morgan fingerprint density at radius 2 is 2.14 bits per heavy atom. The number of nitrogens with two attached hydrogens (primary N) is 1. The monoisotopic (exact) mass is 197 g/mol. The molecule has 1 rings (SSSR count). The van der Waals surface area contributed by atoms with E-state index in [1.165, 1.54) is 0 Å². The van der Waals surface area contributed by atoms with Crippen LogP contribution in [0.4, 0.5) is 0 Å². The fourth-order valence-corrected chi connectivity index (χ4v) is 1.84. The first-order valence-corrected chi connectivity index (χ1v) is 5.02. The molecule has 0 bridgehead atoms. The van der Waals surface area contributed by atoms with Gasteiger partial charge in [-0.2, -0.15) is 5.10 Å². The van der Waals surface area contributed by atoms with E-state index < -0.39 is 0 Å². The first-order valence-electron chi connectivity index (χ1n) is 5.02. The molecule has 0 unspecified atom stereocenters. The smallest absolute Gasteiger partial charge is 0.0644 e. The van der Waals surface area contributed by atoms with Gasteiger partial charge in [-0.25, -0.2) is 0 Å². The molecule has 1 aromatic rings. The van der Waals surface area contributed by atoms with Crippen molar-refractivity contribution >= 4 is 0 Å². The van der Waals surface area contributed by atoms with Gasteiger partial charge >= 0.3 is 0 Å². The van der Waals surface area contributed by atoms with Crippen LogP contribution in [-0.2, 0) is 6.54 Å². The van der Waals surface area contributed by atoms with Crippen molar-refractivity contribution < 1.29 is 5.11 Å². The van der Waals surface area contributed by atoms with Gasteiger partial charge in [-0.15, -0.1) is 0 Å². The molecule has 14 heavy (non-hydrogen) atoms. The lowest BCUT2D eigenvalue weighted by molar-refractivity contribution is 0.276. The molecule has 1 aromatic heterocycles. The molecule has 0 spiro atoms. The van der Waals surface area contributed by atoms with Crippen LogP contribution in [-0.4, -0.2) is 21.5 Å². The summed E-state index contributed by atoms with van der Waals surface area (Å²) in [5, 5.41) is 13.2. The fourth-order valence-electron chi connectivity index (χ4n) is 1.84. The average Bonchev–Trinajstić information content (AvgIpc) is 2.41. The van der Waals surface area contributed by atoms with Crippen molar-refractivity contribution in [3.05, 3.63) is 17.0 Å². The van der Waals surface area contributed by atoms with Crippen LogP contribution in [0.3, 0.4) is 0 Å². The second-order valence-electron chi connectivity index (χ2n) is 3.52. The zero-order valence-corrected chi connectivity index (χ0v) is 9.12. The van der Waals surface area contributed by atoms with Crippen LogP contribution in [0.2, 0.25) is 0 Å². The minimum absolute atomic E-state index is 0.0969. The van der Waals surface area contributed by atoms with Crippen LogP contribution in [0.1, 0.15) is 36.3 Å². The van der Waals surface area contributed by atoms with Crippen LogP contribution in [0.25, 0.3) is 0 Å². The maximum atomic E-state index is 8.84. The normalized spacial score (nSPS) is 13.2. The van der Waals surface area contributed by atoms with Gasteiger partial charge in [-0.05, 0) is 27.2 Å². The molecule has 0 amide bonds. The van der Waals surface area contributed by atoms with Crippen molar-refractivity contribution in [3.63, 3.8) is 0 Å². The molecule has 0 fully saturated rings. The van der Waals surface area contributed by atoms with Crippen molar-refractivity contribution in [2.75, 3.05) is 6.61 Å². The van der Waals surface area contributed by atoms with E-state index in [0.717, 1.165) is 23.5 Å². The van der Waals surface area contributed by atoms with Crippen molar-refractivity contribution in [3.8, 4) is 0 Å². The standard InChI is InChI=1S/C10H19N3O/c1-4-13-8(3)10(7(2)12-13)9(11)5-6-14/h9,14H,4-6,11H2,1-3H3/t9-/m1/s1. The molecule has 0 radical (unpaired) electrons. The van der Waals surface area contributed by atoms with Crippen molar-refractivity contribution in [1.82, 2.24) is 9.78 Å². The van der Waals surface area contributed by atoms with Gasteiger partial charge in [0.1, 0.15) is 0 Å². The summed E-state index contributed by atoms with van der Waals surface area (Å²) in [7, 11) is 0. The summed E-state index contributed by atoms with van der Waals surface area (Å²) in [5.41, 5.74) is 9.14. The number of rotatable bonds is 4. The summed E-state index contributed by atoms with van der Waals surface area (Å²) in [5.74, 6) is 0. The Morgan fingerprint density at radius 1 is 1.50 bits per heavy atom. The van der Waals surface area contributed by atoms with Gasteiger partial charge in [0.25, 0.3) is 0 Å². The van der Waals surface area contributed by atoms with Crippen LogP contribution in [0.5, 0.6) is 0 Å². The third-order valence-electron chi connectivity index (χ3n) is 2.55. The molecule has 4 nitrogen and oxygen atoms in total. The molecule has 4 heteroatoms. The Balaban J connectivity index is 3.01. The maximum absolute atomic E-state index is 8.84. The van der Waals surface area contributed by atoms with Gasteiger partial charge in [-0.1, -0.05) is 0 Å². The van der Waals surface area contributed by atoms with E-state index in [1.807, 2.05) is 18.5 Å². The van der Waals surface area contributed by atoms with E-state index in [0.29, 0.717) is 6.42 Å². The summed E-state index contributed by atoms with van der Waals surface area (Å²) in [4.78, 5) is 0. The molecule has 80 valence electrons. The highest BCUT2D eigenvalue weighted by molar-refractivity contribution is 5.27. The Bertz CT molecular complexity index is 307. The second kappa shape index (κ2) is 4.57. The Kier molecular flexibility index (Phi) is 3.66. The van der Waals surface area contributed by atoms with Crippen molar-refractivity contribution in [2.45, 2.75) is 39.8 Å². The largest absolute Gasteiger partial charge is 0.396 e. The first kappa shape index (κ1) is 11.2. The van der Waals surface area contributed by atoms with Crippen molar-refractivity contribution in [2.24, 2.45) is 5.73 Å². The zero-order valence-electron chi connectivity index (χ0n) is 9.12. The highest BCUT2D eigenvalue weighted by Crippen LogP contribution is 2.21. The Morgan fingerprint density at radius 3 is 2.57 bits per heavy atom. The molecule has 0 aromatic carbocycles. The molecule has 0 aliphatic heterocycles. The number of aliphatic hydroxyl groups excluding tert-OH is 1. The third-order valence-corrected chi connectivity index (χ3v) is 2.55. The Labute approximate surface area is 84.7 Å². The van der Waals surface area contributed by atoms with Gasteiger partial charge in [0, 0.05) is 30.5 Å². The molecule has 0 aliphatic carbocycles. The van der Waals surface area contributed by atoms with Gasteiger partial charge in [0.2, 0.25) is 0 Å². The summed E-state index contributed by atoms with van der Waals surface area (Å²) in [6.07, 6.45) is 0.594. The van der Waals surface area contributed by atoms with E-state index >= 15 is 0 Å². The van der Waals surface area contributed by atoms with Gasteiger partial charge in [-0.3, -0.25) is 4.68 Å². The van der Waals surface area contributed by atoms with Crippen LogP contribution in [0, 0.1) is 13.8 Å². The van der Waals surface area contributed by atoms with E-state index in [9.17, 15) is 0 Å². The number of hydrogen-bond donors (Lipinski definition) is 2. The molecular weight excluding hydrogens is 178 g/mol. The number of aryl methyl sites for hydroxylation is 2. The predicted molar refractivity (Wildman–Crippen MR) is 56.0 cm³/mol. The van der Waals surface area contributed by atoms with Crippen LogP contribution >= 0.6 is 0 Å². The van der Waals surface area contributed by atoms with Gasteiger partial charge < -0.3 is 10.8 Å². The molecular formula is C10H19N3O. The van der Waals surface area contributed by atoms with E-state index in [4.69, 9.17) is 10.8 Å². The van der Waals surface area contributed by atoms with Gasteiger partial charge in [0.15, 0.2) is 0 Å². The number of hydrogen-bond acceptors (Lipinski definition) is 3. The lowest BCUT2D eigenvalue weighted by Crippen LogP contribution is -2.14. The van der Waals surface area contributed by atoms with Gasteiger partial charge in [0.05, 0.1) is 5.69 Å². The van der Waals surface area contributed by atoms with Crippen molar-refractivity contribution in [1.29, 1.82) is 0 Å². The van der Waals surface area contributed by atoms with E-state index in [2.05, 4.69) is 12.0 Å². The van der Waals surface area contributed by atoms with Crippen LogP contribution < -0.4 is 5.73 Å². The molecule has 0 saturated carbocycles. The third kappa shape index (κ3) is 1.96. The number of aliphatic hydroxyl groups is 1. The summed E-state index contributed by atoms with van der Waals surface area (Å²) in [6.45, 7) is 7.03. The summed E-state index contributed by atoms with van der Waals surface area (Å²) < 4.78 is 1.95. The Hall–Kier alpha value is -0.870. The lowest BCUT2D eigenvalue weighted by Gasteiger charge is -2.10. The zero-order chi connectivity index (χ0) is 10.7. The molecule has 1 heterocycles. The maximum Gasteiger partial charge on any atom is 0.0644 e. The highest BCUT2D eigenvalue weighted by Gasteiger charge is 2.16. The quantitative estimate of drug-likeness (QED) is 0.753. The molecule has 0 saturated heterocycles. The predicted octanol–water partition coefficient (Wildman–Crippen LogP) is 0.902. The lowest BCUT2D eigenvalue weighted by atomic mass is 10.0. The number of aromatic nitrogens is 2. The summed E-state index contributed by atoms with van der Waals surface area (Å²) >= 11 is 0. The minimum atomic E-state index is -0.0969. The SMILES string of the molecule is CCn1nc(C)c([C@H](N)CCO)c1C. The fraction of sp³-hybridized carbons (Fsp3) is 0.700. The molecule has 0 aliphatic rings. The molecule has 3 N–H and O–H groups in total. The second-order valence-corrected chi connectivity index (χ2v) is 3.52. The first-order chi connectivity index (χ1) is 6.61. The number of nitrogens with zero attached hydrogens (tertiary/aromatic N) is 2. The van der Waals surface area contributed by atoms with E-state index in [1.54, 1.807) is 0 Å². The summed E-state index contributed by atoms with van der Waals surface area (Å²) in [6, 6.07) is -0.0969. The van der Waals surface area contributed by atoms with E-state index in [-0.39, 0.29) is 12.6 Å². The minimum Gasteiger partial charge on any atom is -0.396 e. The highest BCUT2D eigenvalue weighted by atomic mass is 16.3. The topological polar surface area (TPSA) is 64.1 Å². The molecule has 1 atom stereocenters.